The van der Waals surface area contributed by atoms with Crippen LogP contribution in [0.4, 0.5) is 5.82 Å². The first-order valence-corrected chi connectivity index (χ1v) is 9.49. The molecule has 1 amide bonds. The van der Waals surface area contributed by atoms with Crippen LogP contribution in [0.15, 0.2) is 49.4 Å². The van der Waals surface area contributed by atoms with Crippen LogP contribution in [0.3, 0.4) is 0 Å². The van der Waals surface area contributed by atoms with Crippen LogP contribution in [0, 0.1) is 6.92 Å². The molecule has 0 N–H and O–H groups in total. The fourth-order valence-electron chi connectivity index (χ4n) is 3.53. The molecule has 1 saturated heterocycles. The molecular formula is C21H20ClN5O. The van der Waals surface area contributed by atoms with Gasteiger partial charge in [0.2, 0.25) is 5.91 Å². The van der Waals surface area contributed by atoms with Crippen molar-refractivity contribution in [3.63, 3.8) is 0 Å². The van der Waals surface area contributed by atoms with Crippen LogP contribution >= 0.6 is 11.6 Å². The van der Waals surface area contributed by atoms with Crippen LogP contribution in [-0.2, 0) is 4.79 Å². The van der Waals surface area contributed by atoms with Crippen molar-refractivity contribution in [2.75, 3.05) is 31.1 Å². The number of nitrogens with zero attached hydrogens (tertiary/aromatic N) is 5. The molecule has 0 atom stereocenters. The van der Waals surface area contributed by atoms with Gasteiger partial charge in [-0.1, -0.05) is 24.2 Å². The van der Waals surface area contributed by atoms with E-state index in [-0.39, 0.29) is 5.91 Å². The van der Waals surface area contributed by atoms with E-state index in [1.807, 2.05) is 31.2 Å². The first-order chi connectivity index (χ1) is 13.6. The number of carbonyl (C=O) groups excluding carboxylic acids is 1. The van der Waals surface area contributed by atoms with Crippen LogP contribution < -0.4 is 4.90 Å². The number of aromatic nitrogens is 3. The van der Waals surface area contributed by atoms with Crippen molar-refractivity contribution >= 4 is 34.2 Å². The van der Waals surface area contributed by atoms with E-state index in [0.29, 0.717) is 31.2 Å². The Morgan fingerprint density at radius 3 is 2.68 bits per heavy atom. The Morgan fingerprint density at radius 1 is 1.18 bits per heavy atom. The van der Waals surface area contributed by atoms with Crippen LogP contribution in [0.1, 0.15) is 5.56 Å². The monoisotopic (exact) mass is 393 g/mol. The fraction of sp³-hybridized carbons (Fsp3) is 0.238. The summed E-state index contributed by atoms with van der Waals surface area (Å²) in [6.07, 6.45) is 4.69. The number of pyridine rings is 1. The molecule has 28 heavy (non-hydrogen) atoms. The second kappa shape index (κ2) is 7.56. The Balaban J connectivity index is 1.70. The van der Waals surface area contributed by atoms with Crippen LogP contribution in [0.5, 0.6) is 0 Å². The molecule has 0 radical (unpaired) electrons. The summed E-state index contributed by atoms with van der Waals surface area (Å²) in [7, 11) is 0. The standard InChI is InChI=1S/C21H20ClN5O/c1-3-19(28)26-7-9-27(10-8-26)21-16-11-17(22)15(12-18(16)24-13-25-21)20-14(2)5-4-6-23-20/h3-6,11-13H,1,7-10H2,2H3. The van der Waals surface area contributed by atoms with Crippen LogP contribution in [0.2, 0.25) is 5.02 Å². The van der Waals surface area contributed by atoms with E-state index in [0.717, 1.165) is 33.5 Å². The molecule has 6 nitrogen and oxygen atoms in total. The number of piperazine rings is 1. The van der Waals surface area contributed by atoms with E-state index in [4.69, 9.17) is 11.6 Å². The van der Waals surface area contributed by atoms with Gasteiger partial charge in [0.15, 0.2) is 0 Å². The van der Waals surface area contributed by atoms with Gasteiger partial charge in [0.05, 0.1) is 16.2 Å². The van der Waals surface area contributed by atoms with Crippen molar-refractivity contribution in [1.82, 2.24) is 19.9 Å². The summed E-state index contributed by atoms with van der Waals surface area (Å²) >= 11 is 6.63. The zero-order valence-electron chi connectivity index (χ0n) is 15.6. The van der Waals surface area contributed by atoms with Gasteiger partial charge >= 0.3 is 0 Å². The molecule has 0 bridgehead atoms. The predicted molar refractivity (Wildman–Crippen MR) is 112 cm³/mol. The molecular weight excluding hydrogens is 374 g/mol. The number of amides is 1. The largest absolute Gasteiger partial charge is 0.352 e. The molecule has 0 spiro atoms. The lowest BCUT2D eigenvalue weighted by Gasteiger charge is -2.35. The average Bonchev–Trinajstić information content (AvgIpc) is 2.73. The number of rotatable bonds is 3. The Kier molecular flexibility index (Phi) is 4.96. The Hall–Kier alpha value is -2.99. The maximum Gasteiger partial charge on any atom is 0.246 e. The van der Waals surface area contributed by atoms with Gasteiger partial charge < -0.3 is 9.80 Å². The van der Waals surface area contributed by atoms with Crippen molar-refractivity contribution in [3.8, 4) is 11.3 Å². The molecule has 1 aliphatic heterocycles. The van der Waals surface area contributed by atoms with Crippen LogP contribution in [-0.4, -0.2) is 51.9 Å². The van der Waals surface area contributed by atoms with Crippen molar-refractivity contribution in [1.29, 1.82) is 0 Å². The molecule has 0 unspecified atom stereocenters. The van der Waals surface area contributed by atoms with Gasteiger partial charge in [-0.25, -0.2) is 9.97 Å². The van der Waals surface area contributed by atoms with Gasteiger partial charge in [0, 0.05) is 43.3 Å². The number of halogens is 1. The first kappa shape index (κ1) is 18.4. The first-order valence-electron chi connectivity index (χ1n) is 9.11. The van der Waals surface area contributed by atoms with E-state index >= 15 is 0 Å². The molecule has 3 aromatic rings. The second-order valence-corrected chi connectivity index (χ2v) is 7.14. The average molecular weight is 394 g/mol. The third kappa shape index (κ3) is 3.31. The number of hydrogen-bond donors (Lipinski definition) is 0. The summed E-state index contributed by atoms with van der Waals surface area (Å²) in [4.78, 5) is 29.2. The van der Waals surface area contributed by atoms with Crippen LogP contribution in [0.25, 0.3) is 22.2 Å². The van der Waals surface area contributed by atoms with E-state index in [2.05, 4.69) is 26.4 Å². The fourth-order valence-corrected chi connectivity index (χ4v) is 3.79. The smallest absolute Gasteiger partial charge is 0.246 e. The number of hydrogen-bond acceptors (Lipinski definition) is 5. The number of anilines is 1. The molecule has 142 valence electrons. The van der Waals surface area contributed by atoms with Gasteiger partial charge in [-0.2, -0.15) is 0 Å². The van der Waals surface area contributed by atoms with Crippen molar-refractivity contribution < 1.29 is 4.79 Å². The molecule has 7 heteroatoms. The summed E-state index contributed by atoms with van der Waals surface area (Å²) in [6, 6.07) is 7.80. The maximum atomic E-state index is 11.8. The van der Waals surface area contributed by atoms with Gasteiger partial charge in [0.25, 0.3) is 0 Å². The van der Waals surface area contributed by atoms with Gasteiger partial charge in [-0.15, -0.1) is 0 Å². The Morgan fingerprint density at radius 2 is 1.96 bits per heavy atom. The summed E-state index contributed by atoms with van der Waals surface area (Å²) < 4.78 is 0. The van der Waals surface area contributed by atoms with Gasteiger partial charge in [0.1, 0.15) is 12.1 Å². The van der Waals surface area contributed by atoms with Gasteiger partial charge in [-0.3, -0.25) is 9.78 Å². The predicted octanol–water partition coefficient (Wildman–Crippen LogP) is 3.49. The highest BCUT2D eigenvalue weighted by Crippen LogP contribution is 2.35. The second-order valence-electron chi connectivity index (χ2n) is 6.73. The lowest BCUT2D eigenvalue weighted by Crippen LogP contribution is -2.48. The third-order valence-electron chi connectivity index (χ3n) is 5.03. The number of benzene rings is 1. The zero-order valence-corrected chi connectivity index (χ0v) is 16.4. The molecule has 2 aromatic heterocycles. The summed E-state index contributed by atoms with van der Waals surface area (Å²) in [5.74, 6) is 0.799. The summed E-state index contributed by atoms with van der Waals surface area (Å²) in [5.41, 5.74) is 3.59. The number of carbonyl (C=O) groups is 1. The van der Waals surface area contributed by atoms with Crippen molar-refractivity contribution in [2.24, 2.45) is 0 Å². The van der Waals surface area contributed by atoms with Gasteiger partial charge in [-0.05, 0) is 36.8 Å². The van der Waals surface area contributed by atoms with E-state index in [9.17, 15) is 4.79 Å². The minimum Gasteiger partial charge on any atom is -0.352 e. The Labute approximate surface area is 168 Å². The lowest BCUT2D eigenvalue weighted by molar-refractivity contribution is -0.126. The van der Waals surface area contributed by atoms with E-state index in [1.54, 1.807) is 17.4 Å². The highest BCUT2D eigenvalue weighted by Gasteiger charge is 2.22. The molecule has 4 rings (SSSR count). The molecule has 3 heterocycles. The highest BCUT2D eigenvalue weighted by atomic mass is 35.5. The van der Waals surface area contributed by atoms with E-state index < -0.39 is 0 Å². The maximum absolute atomic E-state index is 11.8. The number of fused-ring (bicyclic) bond motifs is 1. The lowest BCUT2D eigenvalue weighted by atomic mass is 10.0. The summed E-state index contributed by atoms with van der Waals surface area (Å²) in [5, 5.41) is 1.51. The molecule has 1 aliphatic rings. The normalized spacial score (nSPS) is 14.4. The number of aryl methyl sites for hydroxylation is 1. The molecule has 0 aliphatic carbocycles. The zero-order chi connectivity index (χ0) is 19.7. The topological polar surface area (TPSA) is 62.2 Å². The minimum atomic E-state index is -0.0365. The molecule has 0 saturated carbocycles. The molecule has 1 aromatic carbocycles. The SMILES string of the molecule is C=CC(=O)N1CCN(c2ncnc3cc(-c4ncccc4C)c(Cl)cc23)CC1. The summed E-state index contributed by atoms with van der Waals surface area (Å²) in [6.45, 7) is 8.24. The Bertz CT molecular complexity index is 1060. The third-order valence-corrected chi connectivity index (χ3v) is 5.35. The van der Waals surface area contributed by atoms with Crippen molar-refractivity contribution in [2.45, 2.75) is 6.92 Å². The van der Waals surface area contributed by atoms with Crippen molar-refractivity contribution in [3.05, 3.63) is 60.0 Å². The minimum absolute atomic E-state index is 0.0365. The van der Waals surface area contributed by atoms with E-state index in [1.165, 1.54) is 6.08 Å². The highest BCUT2D eigenvalue weighted by molar-refractivity contribution is 6.34. The molecule has 1 fully saturated rings. The quantitative estimate of drug-likeness (QED) is 0.637.